The Balaban J connectivity index is 1.65. The maximum Gasteiger partial charge on any atom is 0.431 e. The largest absolute Gasteiger partial charge is 0.465 e. The highest BCUT2D eigenvalue weighted by Crippen LogP contribution is 2.58. The van der Waals surface area contributed by atoms with Gasteiger partial charge in [-0.1, -0.05) is 0 Å². The lowest BCUT2D eigenvalue weighted by molar-refractivity contribution is -0.186. The van der Waals surface area contributed by atoms with E-state index >= 15 is 0 Å². The van der Waals surface area contributed by atoms with Gasteiger partial charge in [-0.3, -0.25) is 14.1 Å². The molecule has 2 unspecified atom stereocenters. The molecule has 26 heavy (non-hydrogen) atoms. The summed E-state index contributed by atoms with van der Waals surface area (Å²) < 4.78 is 87.0. The van der Waals surface area contributed by atoms with Crippen LogP contribution in [-0.2, 0) is 24.4 Å². The first-order valence-corrected chi connectivity index (χ1v) is 9.68. The van der Waals surface area contributed by atoms with Gasteiger partial charge < -0.3 is 4.74 Å². The van der Waals surface area contributed by atoms with E-state index in [1.807, 2.05) is 0 Å². The highest BCUT2D eigenvalue weighted by molar-refractivity contribution is 7.87. The maximum atomic E-state index is 13.4. The molecule has 4 aliphatic rings. The maximum absolute atomic E-state index is 13.4. The SMILES string of the molecule is O=C(OCCC(F)(F)C(F)(F)S(=O)(=O)O)C12CC3CC(CC(C3)C1=O)C2. The van der Waals surface area contributed by atoms with Crippen LogP contribution in [0.2, 0.25) is 0 Å². The zero-order chi connectivity index (χ0) is 19.5. The van der Waals surface area contributed by atoms with E-state index in [4.69, 9.17) is 9.29 Å². The molecule has 4 saturated carbocycles. The molecule has 0 saturated heterocycles. The first-order chi connectivity index (χ1) is 11.8. The topological polar surface area (TPSA) is 97.7 Å². The third kappa shape index (κ3) is 2.83. The van der Waals surface area contributed by atoms with Crippen molar-refractivity contribution in [2.75, 3.05) is 6.61 Å². The number of ketones is 1. The zero-order valence-corrected chi connectivity index (χ0v) is 14.4. The average Bonchev–Trinajstić information content (AvgIpc) is 2.50. The van der Waals surface area contributed by atoms with Gasteiger partial charge in [0, 0.05) is 5.92 Å². The summed E-state index contributed by atoms with van der Waals surface area (Å²) in [6.45, 7) is -1.19. The third-order valence-electron chi connectivity index (χ3n) is 5.81. The molecular weight excluding hydrogens is 384 g/mol. The smallest absolute Gasteiger partial charge is 0.431 e. The van der Waals surface area contributed by atoms with Gasteiger partial charge in [0.1, 0.15) is 5.41 Å². The van der Waals surface area contributed by atoms with Crippen molar-refractivity contribution >= 4 is 21.9 Å². The Labute approximate surface area is 147 Å². The number of esters is 1. The summed E-state index contributed by atoms with van der Waals surface area (Å²) in [5.41, 5.74) is -1.39. The van der Waals surface area contributed by atoms with Gasteiger partial charge in [-0.15, -0.1) is 0 Å². The molecule has 4 bridgehead atoms. The average molecular weight is 402 g/mol. The Bertz CT molecular complexity index is 720. The number of rotatable bonds is 6. The van der Waals surface area contributed by atoms with Gasteiger partial charge >= 0.3 is 27.3 Å². The second-order valence-electron chi connectivity index (χ2n) is 7.57. The van der Waals surface area contributed by atoms with Crippen molar-refractivity contribution in [1.29, 1.82) is 0 Å². The second-order valence-corrected chi connectivity index (χ2v) is 9.04. The van der Waals surface area contributed by atoms with Crippen molar-refractivity contribution in [1.82, 2.24) is 0 Å². The van der Waals surface area contributed by atoms with E-state index in [0.717, 1.165) is 6.42 Å². The number of hydrogen-bond donors (Lipinski definition) is 1. The van der Waals surface area contributed by atoms with Crippen LogP contribution in [-0.4, -0.2) is 42.5 Å². The molecule has 4 fully saturated rings. The van der Waals surface area contributed by atoms with Crippen LogP contribution < -0.4 is 0 Å². The van der Waals surface area contributed by atoms with Crippen molar-refractivity contribution in [3.05, 3.63) is 0 Å². The van der Waals surface area contributed by atoms with Crippen molar-refractivity contribution < 1.29 is 44.9 Å². The Morgan fingerprint density at radius 2 is 1.69 bits per heavy atom. The summed E-state index contributed by atoms with van der Waals surface area (Å²) in [4.78, 5) is 24.9. The molecule has 1 N–H and O–H groups in total. The molecule has 4 aliphatic carbocycles. The number of Topliss-reactive ketones (excluding diaryl/α,β-unsaturated/α-hetero) is 1. The minimum atomic E-state index is -6.33. The quantitative estimate of drug-likeness (QED) is 0.317. The highest BCUT2D eigenvalue weighted by Gasteiger charge is 2.66. The van der Waals surface area contributed by atoms with Crippen LogP contribution in [0.25, 0.3) is 0 Å². The molecule has 148 valence electrons. The van der Waals surface area contributed by atoms with E-state index in [0.29, 0.717) is 12.8 Å². The molecule has 0 radical (unpaired) electrons. The van der Waals surface area contributed by atoms with Gasteiger partial charge in [0.2, 0.25) is 0 Å². The van der Waals surface area contributed by atoms with E-state index in [9.17, 15) is 35.6 Å². The number of hydrogen-bond acceptors (Lipinski definition) is 5. The van der Waals surface area contributed by atoms with Gasteiger partial charge in [0.05, 0.1) is 13.0 Å². The monoisotopic (exact) mass is 402 g/mol. The molecule has 0 aromatic heterocycles. The Kier molecular flexibility index (Phi) is 4.42. The molecule has 11 heteroatoms. The predicted octanol–water partition coefficient (Wildman–Crippen LogP) is 2.43. The fraction of sp³-hybridized carbons (Fsp3) is 0.867. The number of carbonyl (C=O) groups is 2. The van der Waals surface area contributed by atoms with Crippen LogP contribution in [0.4, 0.5) is 17.6 Å². The number of halogens is 4. The number of alkyl halides is 4. The van der Waals surface area contributed by atoms with Gasteiger partial charge in [-0.05, 0) is 43.9 Å². The van der Waals surface area contributed by atoms with Crippen molar-refractivity contribution in [2.45, 2.75) is 49.7 Å². The molecular formula is C15H18F4O6S. The Hall–Kier alpha value is -1.23. The standard InChI is InChI=1S/C15H18F4O6S/c16-14(17,15(18,19)26(22,23)24)1-2-25-12(21)13-6-8-3-9(7-13)5-10(4-8)11(13)20/h8-10H,1-7H2,(H,22,23,24). The van der Waals surface area contributed by atoms with E-state index in [-0.39, 0.29) is 36.4 Å². The Morgan fingerprint density at radius 1 is 1.15 bits per heavy atom. The Morgan fingerprint density at radius 3 is 2.19 bits per heavy atom. The van der Waals surface area contributed by atoms with E-state index in [1.165, 1.54) is 0 Å². The number of ether oxygens (including phenoxy) is 1. The third-order valence-corrected chi connectivity index (χ3v) is 6.76. The lowest BCUT2D eigenvalue weighted by Gasteiger charge is -2.53. The molecule has 4 rings (SSSR count). The first-order valence-electron chi connectivity index (χ1n) is 8.24. The van der Waals surface area contributed by atoms with E-state index in [2.05, 4.69) is 0 Å². The second kappa shape index (κ2) is 5.88. The summed E-state index contributed by atoms with van der Waals surface area (Å²) in [6, 6.07) is 0. The molecule has 0 aromatic rings. The molecule has 0 amide bonds. The molecule has 0 aliphatic heterocycles. The fourth-order valence-corrected chi connectivity index (χ4v) is 5.26. The molecule has 0 aromatic carbocycles. The van der Waals surface area contributed by atoms with Crippen molar-refractivity contribution in [2.24, 2.45) is 23.2 Å². The lowest BCUT2D eigenvalue weighted by atomic mass is 9.49. The summed E-state index contributed by atoms with van der Waals surface area (Å²) in [6.07, 6.45) is 1.04. The summed E-state index contributed by atoms with van der Waals surface area (Å²) >= 11 is 0. The van der Waals surface area contributed by atoms with Crippen LogP contribution in [0.5, 0.6) is 0 Å². The molecule has 6 nitrogen and oxygen atoms in total. The van der Waals surface area contributed by atoms with Crippen LogP contribution in [0.15, 0.2) is 0 Å². The molecule has 0 heterocycles. The van der Waals surface area contributed by atoms with E-state index < -0.39 is 45.7 Å². The van der Waals surface area contributed by atoms with Crippen LogP contribution in [0, 0.1) is 23.2 Å². The van der Waals surface area contributed by atoms with Gasteiger partial charge in [0.15, 0.2) is 5.78 Å². The summed E-state index contributed by atoms with van der Waals surface area (Å²) in [7, 11) is -6.33. The lowest BCUT2D eigenvalue weighted by Crippen LogP contribution is -2.57. The van der Waals surface area contributed by atoms with Crippen molar-refractivity contribution in [3.63, 3.8) is 0 Å². The molecule has 2 atom stereocenters. The van der Waals surface area contributed by atoms with Crippen LogP contribution in [0.1, 0.15) is 38.5 Å². The van der Waals surface area contributed by atoms with Crippen LogP contribution >= 0.6 is 0 Å². The van der Waals surface area contributed by atoms with Gasteiger partial charge in [-0.25, -0.2) is 0 Å². The molecule has 0 spiro atoms. The van der Waals surface area contributed by atoms with Gasteiger partial charge in [-0.2, -0.15) is 26.0 Å². The normalized spacial score (nSPS) is 34.2. The summed E-state index contributed by atoms with van der Waals surface area (Å²) in [5.74, 6) is -6.30. The minimum absolute atomic E-state index is 0.183. The number of carbonyl (C=O) groups excluding carboxylic acids is 2. The zero-order valence-electron chi connectivity index (χ0n) is 13.6. The first kappa shape index (κ1) is 19.5. The minimum Gasteiger partial charge on any atom is -0.465 e. The summed E-state index contributed by atoms with van der Waals surface area (Å²) in [5, 5.41) is -5.71. The highest BCUT2D eigenvalue weighted by atomic mass is 32.2. The van der Waals surface area contributed by atoms with Crippen molar-refractivity contribution in [3.8, 4) is 0 Å². The van der Waals surface area contributed by atoms with E-state index in [1.54, 1.807) is 0 Å². The predicted molar refractivity (Wildman–Crippen MR) is 78.0 cm³/mol. The van der Waals surface area contributed by atoms with Gasteiger partial charge in [0.25, 0.3) is 0 Å². The fourth-order valence-electron chi connectivity index (χ4n) is 4.78. The van der Waals surface area contributed by atoms with Crippen LogP contribution in [0.3, 0.4) is 0 Å².